The Morgan fingerprint density at radius 2 is 1.51 bits per heavy atom. The van der Waals surface area contributed by atoms with Gasteiger partial charge in [0.25, 0.3) is 5.91 Å². The van der Waals surface area contributed by atoms with Crippen LogP contribution in [-0.2, 0) is 6.54 Å². The van der Waals surface area contributed by atoms with Crippen molar-refractivity contribution in [3.8, 4) is 23.7 Å². The summed E-state index contributed by atoms with van der Waals surface area (Å²) in [6, 6.07) is 21.7. The molecule has 14 heteroatoms. The van der Waals surface area contributed by atoms with E-state index >= 15 is 0 Å². The number of methoxy groups -OCH3 is 2. The number of carbonyl (C=O) groups excluding carboxylic acids is 1. The summed E-state index contributed by atoms with van der Waals surface area (Å²) in [5.74, 6) is 1.12. The highest BCUT2D eigenvalue weighted by Gasteiger charge is 2.43. The quantitative estimate of drug-likeness (QED) is 0.192. The van der Waals surface area contributed by atoms with Crippen LogP contribution in [0, 0.1) is 0 Å². The second kappa shape index (κ2) is 18.3. The van der Waals surface area contributed by atoms with Crippen LogP contribution in [0.5, 0.6) is 23.7 Å². The van der Waals surface area contributed by atoms with Gasteiger partial charge in [0.1, 0.15) is 0 Å². The lowest BCUT2D eigenvalue weighted by Crippen LogP contribution is -2.67. The molecule has 2 aliphatic rings. The lowest BCUT2D eigenvalue weighted by Gasteiger charge is -2.53. The maximum atomic E-state index is 13.8. The summed E-state index contributed by atoms with van der Waals surface area (Å²) in [7, 11) is 3.13. The van der Waals surface area contributed by atoms with E-state index in [1.807, 2.05) is 25.7 Å². The molecule has 274 valence electrons. The van der Waals surface area contributed by atoms with Gasteiger partial charge in [-0.15, -0.1) is 24.8 Å². The maximum absolute atomic E-state index is 13.8. The molecular weight excluding hydrogens is 693 g/mol. The largest absolute Gasteiger partial charge is 0.481 e. The Labute approximate surface area is 312 Å². The predicted octanol–water partition coefficient (Wildman–Crippen LogP) is 5.16. The van der Waals surface area contributed by atoms with Crippen molar-refractivity contribution in [2.75, 3.05) is 53.6 Å². The molecule has 2 unspecified atom stereocenters. The molecule has 2 saturated heterocycles. The normalized spacial score (nSPS) is 17.6. The first-order valence-corrected chi connectivity index (χ1v) is 16.9. The molecule has 2 aromatic heterocycles. The number of amides is 1. The van der Waals surface area contributed by atoms with Gasteiger partial charge in [0.15, 0.2) is 5.69 Å². The summed E-state index contributed by atoms with van der Waals surface area (Å²) in [4.78, 5) is 38.4. The number of hydrogen-bond donors (Lipinski definition) is 0. The van der Waals surface area contributed by atoms with Crippen LogP contribution < -0.4 is 18.9 Å². The SMILES string of the molecule is CCOc1nc(OC)c(CN2CC3CN(C(=O)c4cncc(OC)n4)CCN3C(C(c3ccccc3)c3ccccc3)C2)c(OC(C)C)n1.Cl.Cl. The Hall–Kier alpha value is -4.23. The van der Waals surface area contributed by atoms with Crippen LogP contribution in [-0.4, -0.2) is 112 Å². The van der Waals surface area contributed by atoms with Crippen LogP contribution in [0.25, 0.3) is 0 Å². The number of fused-ring (bicyclic) bond motifs is 1. The molecule has 51 heavy (non-hydrogen) atoms. The van der Waals surface area contributed by atoms with E-state index in [0.29, 0.717) is 50.4 Å². The fourth-order valence-corrected chi connectivity index (χ4v) is 6.96. The van der Waals surface area contributed by atoms with Gasteiger partial charge in [-0.25, -0.2) is 4.98 Å². The van der Waals surface area contributed by atoms with Crippen molar-refractivity contribution >= 4 is 30.7 Å². The van der Waals surface area contributed by atoms with Crippen molar-refractivity contribution in [1.82, 2.24) is 34.6 Å². The van der Waals surface area contributed by atoms with Crippen molar-refractivity contribution in [3.05, 3.63) is 95.4 Å². The zero-order valence-electron chi connectivity index (χ0n) is 29.7. The Morgan fingerprint density at radius 1 is 0.843 bits per heavy atom. The van der Waals surface area contributed by atoms with E-state index in [0.717, 1.165) is 18.7 Å². The van der Waals surface area contributed by atoms with Crippen LogP contribution in [0.3, 0.4) is 0 Å². The standard InChI is InChI=1S/C37H45N7O5.2ClH/c1-6-48-37-40-34(47-5)29(35(41-37)49-25(2)3)23-42-21-28-22-43(36(45)30-19-38-20-32(39-30)46-4)17-18-44(28)31(24-42)33(26-13-9-7-10-14-26)27-15-11-8-12-16-27;;/h7-16,19-20,25,28,31,33H,6,17-18,21-24H2,1-5H3;2*1H. The van der Waals surface area contributed by atoms with Crippen LogP contribution >= 0.6 is 24.8 Å². The Bertz CT molecular complexity index is 1670. The maximum Gasteiger partial charge on any atom is 0.323 e. The van der Waals surface area contributed by atoms with E-state index in [9.17, 15) is 4.79 Å². The number of hydrogen-bond acceptors (Lipinski definition) is 11. The molecule has 0 radical (unpaired) electrons. The third kappa shape index (κ3) is 9.17. The molecule has 0 aliphatic carbocycles. The lowest BCUT2D eigenvalue weighted by atomic mass is 9.81. The third-order valence-electron chi connectivity index (χ3n) is 9.01. The summed E-state index contributed by atoms with van der Waals surface area (Å²) in [6.07, 6.45) is 2.89. The number of rotatable bonds is 12. The highest BCUT2D eigenvalue weighted by atomic mass is 35.5. The molecule has 0 N–H and O–H groups in total. The highest BCUT2D eigenvalue weighted by molar-refractivity contribution is 5.92. The number of piperazine rings is 2. The van der Waals surface area contributed by atoms with Crippen molar-refractivity contribution < 1.29 is 23.7 Å². The van der Waals surface area contributed by atoms with Gasteiger partial charge in [0.05, 0.1) is 44.9 Å². The van der Waals surface area contributed by atoms with Crippen molar-refractivity contribution in [2.24, 2.45) is 0 Å². The third-order valence-corrected chi connectivity index (χ3v) is 9.01. The molecule has 2 aromatic carbocycles. The summed E-state index contributed by atoms with van der Waals surface area (Å²) in [5.41, 5.74) is 3.53. The summed E-state index contributed by atoms with van der Waals surface area (Å²) >= 11 is 0. The molecule has 1 amide bonds. The molecule has 2 atom stereocenters. The van der Waals surface area contributed by atoms with E-state index in [4.69, 9.17) is 18.9 Å². The van der Waals surface area contributed by atoms with Gasteiger partial charge >= 0.3 is 6.01 Å². The first-order chi connectivity index (χ1) is 23.9. The number of aromatic nitrogens is 4. The van der Waals surface area contributed by atoms with Crippen LogP contribution in [0.1, 0.15) is 53.9 Å². The van der Waals surface area contributed by atoms with Gasteiger partial charge in [-0.05, 0) is 31.9 Å². The van der Waals surface area contributed by atoms with Crippen molar-refractivity contribution in [2.45, 2.75) is 51.4 Å². The number of benzene rings is 2. The molecule has 0 saturated carbocycles. The molecule has 2 fully saturated rings. The van der Waals surface area contributed by atoms with Gasteiger partial charge in [0, 0.05) is 57.3 Å². The Kier molecular flexibility index (Phi) is 14.2. The first kappa shape index (κ1) is 39.6. The first-order valence-electron chi connectivity index (χ1n) is 16.9. The minimum absolute atomic E-state index is 0. The molecule has 12 nitrogen and oxygen atoms in total. The van der Waals surface area contributed by atoms with Gasteiger partial charge in [-0.3, -0.25) is 19.6 Å². The fraction of sp³-hybridized carbons (Fsp3) is 0.432. The average Bonchev–Trinajstić information content (AvgIpc) is 3.13. The van der Waals surface area contributed by atoms with Crippen molar-refractivity contribution in [3.63, 3.8) is 0 Å². The van der Waals surface area contributed by atoms with Crippen LogP contribution in [0.2, 0.25) is 0 Å². The minimum atomic E-state index is -0.156. The number of carbonyl (C=O) groups is 1. The second-order valence-electron chi connectivity index (χ2n) is 12.5. The smallest absolute Gasteiger partial charge is 0.323 e. The van der Waals surface area contributed by atoms with Crippen LogP contribution in [0.15, 0.2) is 73.1 Å². The van der Waals surface area contributed by atoms with E-state index in [-0.39, 0.29) is 66.5 Å². The Morgan fingerprint density at radius 3 is 2.12 bits per heavy atom. The van der Waals surface area contributed by atoms with Gasteiger partial charge < -0.3 is 23.8 Å². The topological polar surface area (TPSA) is 115 Å². The molecule has 4 heterocycles. The molecule has 6 rings (SSSR count). The fourth-order valence-electron chi connectivity index (χ4n) is 6.96. The number of nitrogens with zero attached hydrogens (tertiary/aromatic N) is 7. The average molecular weight is 741 g/mol. The van der Waals surface area contributed by atoms with Gasteiger partial charge in [-0.1, -0.05) is 60.7 Å². The molecule has 0 bridgehead atoms. The minimum Gasteiger partial charge on any atom is -0.481 e. The van der Waals surface area contributed by atoms with Gasteiger partial charge in [0.2, 0.25) is 17.6 Å². The zero-order valence-corrected chi connectivity index (χ0v) is 31.3. The number of ether oxygens (including phenoxy) is 4. The highest BCUT2D eigenvalue weighted by Crippen LogP contribution is 2.38. The Balaban J connectivity index is 0.00000292. The summed E-state index contributed by atoms with van der Waals surface area (Å²) in [6.45, 7) is 10.0. The predicted molar refractivity (Wildman–Crippen MR) is 199 cm³/mol. The molecule has 2 aliphatic heterocycles. The molecule has 4 aromatic rings. The zero-order chi connectivity index (χ0) is 34.3. The van der Waals surface area contributed by atoms with Gasteiger partial charge in [-0.2, -0.15) is 9.97 Å². The van der Waals surface area contributed by atoms with Crippen LogP contribution in [0.4, 0.5) is 0 Å². The van der Waals surface area contributed by atoms with E-state index in [1.54, 1.807) is 7.11 Å². The van der Waals surface area contributed by atoms with E-state index in [2.05, 4.69) is 90.4 Å². The summed E-state index contributed by atoms with van der Waals surface area (Å²) < 4.78 is 22.9. The lowest BCUT2D eigenvalue weighted by molar-refractivity contribution is -0.0294. The summed E-state index contributed by atoms with van der Waals surface area (Å²) in [5, 5.41) is 0. The molecule has 0 spiro atoms. The monoisotopic (exact) mass is 739 g/mol. The molecular formula is C37H47Cl2N7O5. The van der Waals surface area contributed by atoms with E-state index in [1.165, 1.54) is 30.6 Å². The number of halogens is 2. The second-order valence-corrected chi connectivity index (χ2v) is 12.5. The van der Waals surface area contributed by atoms with E-state index < -0.39 is 0 Å². The van der Waals surface area contributed by atoms with Crippen molar-refractivity contribution in [1.29, 1.82) is 0 Å².